The lowest BCUT2D eigenvalue weighted by atomic mass is 10.1. The zero-order chi connectivity index (χ0) is 22.6. The molecular formula is C22H28IN3O4S. The second kappa shape index (κ2) is 10.2. The van der Waals surface area contributed by atoms with Crippen LogP contribution >= 0.6 is 34.4 Å². The number of esters is 1. The molecule has 1 fully saturated rings. The van der Waals surface area contributed by atoms with E-state index in [2.05, 4.69) is 22.6 Å². The van der Waals surface area contributed by atoms with Gasteiger partial charge in [0.25, 0.3) is 0 Å². The summed E-state index contributed by atoms with van der Waals surface area (Å²) in [5.41, 5.74) is 1.09. The van der Waals surface area contributed by atoms with Crippen LogP contribution in [-0.4, -0.2) is 52.5 Å². The van der Waals surface area contributed by atoms with Crippen LogP contribution in [0.5, 0.6) is 0 Å². The largest absolute Gasteiger partial charge is 0.465 e. The minimum Gasteiger partial charge on any atom is -0.465 e. The number of amides is 1. The molecule has 1 aliphatic rings. The van der Waals surface area contributed by atoms with Crippen molar-refractivity contribution in [3.05, 3.63) is 45.3 Å². The molecule has 0 saturated carbocycles. The highest BCUT2D eigenvalue weighted by Gasteiger charge is 2.27. The fourth-order valence-corrected chi connectivity index (χ4v) is 5.11. The van der Waals surface area contributed by atoms with Crippen LogP contribution in [0.15, 0.2) is 35.4 Å². The second-order valence-electron chi connectivity index (χ2n) is 8.41. The predicted molar refractivity (Wildman–Crippen MR) is 128 cm³/mol. The van der Waals surface area contributed by atoms with Crippen LogP contribution < -0.4 is 0 Å². The fourth-order valence-electron chi connectivity index (χ4n) is 3.31. The Labute approximate surface area is 201 Å². The number of piperidine rings is 1. The van der Waals surface area contributed by atoms with Gasteiger partial charge in [0, 0.05) is 33.5 Å². The van der Waals surface area contributed by atoms with E-state index in [1.165, 1.54) is 7.11 Å². The van der Waals surface area contributed by atoms with Gasteiger partial charge in [-0.3, -0.25) is 4.68 Å². The number of halogens is 1. The highest BCUT2D eigenvalue weighted by molar-refractivity contribution is 14.1. The van der Waals surface area contributed by atoms with Crippen LogP contribution in [-0.2, 0) is 15.2 Å². The Balaban J connectivity index is 1.52. The Morgan fingerprint density at radius 3 is 2.55 bits per heavy atom. The van der Waals surface area contributed by atoms with Gasteiger partial charge in [-0.15, -0.1) is 11.8 Å². The molecule has 1 aromatic heterocycles. The second-order valence-corrected chi connectivity index (χ2v) is 10.6. The topological polar surface area (TPSA) is 73.7 Å². The highest BCUT2D eigenvalue weighted by atomic mass is 127. The number of aromatic nitrogens is 2. The Hall–Kier alpha value is -1.75. The summed E-state index contributed by atoms with van der Waals surface area (Å²) in [6, 6.07) is 7.90. The van der Waals surface area contributed by atoms with Gasteiger partial charge in [0.15, 0.2) is 0 Å². The fraction of sp³-hybridized carbons (Fsp3) is 0.500. The lowest BCUT2D eigenvalue weighted by Gasteiger charge is -2.33. The third-order valence-corrected chi connectivity index (χ3v) is 7.25. The van der Waals surface area contributed by atoms with E-state index in [9.17, 15) is 9.59 Å². The first-order chi connectivity index (χ1) is 14.7. The molecule has 0 atom stereocenters. The number of benzene rings is 1. The van der Waals surface area contributed by atoms with E-state index < -0.39 is 5.60 Å². The maximum atomic E-state index is 12.2. The first-order valence-corrected chi connectivity index (χ1v) is 12.3. The molecular weight excluding hydrogens is 529 g/mol. The van der Waals surface area contributed by atoms with Crippen LogP contribution in [0.3, 0.4) is 0 Å². The number of rotatable bonds is 5. The maximum absolute atomic E-state index is 12.2. The Morgan fingerprint density at radius 2 is 1.94 bits per heavy atom. The normalized spacial score (nSPS) is 15.1. The number of methoxy groups -OCH3 is 1. The van der Waals surface area contributed by atoms with Crippen molar-refractivity contribution in [3.8, 4) is 0 Å². The molecule has 2 heterocycles. The molecule has 1 saturated heterocycles. The summed E-state index contributed by atoms with van der Waals surface area (Å²) in [5, 5.41) is 4.75. The number of carbonyl (C=O) groups excluding carboxylic acids is 2. The van der Waals surface area contributed by atoms with Gasteiger partial charge >= 0.3 is 12.1 Å². The summed E-state index contributed by atoms with van der Waals surface area (Å²) in [5.74, 6) is 0.420. The molecule has 0 unspecified atom stereocenters. The van der Waals surface area contributed by atoms with Crippen molar-refractivity contribution < 1.29 is 19.1 Å². The quantitative estimate of drug-likeness (QED) is 0.288. The molecule has 2 aromatic rings. The van der Waals surface area contributed by atoms with Crippen molar-refractivity contribution >= 4 is 46.4 Å². The lowest BCUT2D eigenvalue weighted by molar-refractivity contribution is 0.0184. The molecule has 0 radical (unpaired) electrons. The summed E-state index contributed by atoms with van der Waals surface area (Å²) in [7, 11) is 1.38. The van der Waals surface area contributed by atoms with E-state index in [1.54, 1.807) is 22.7 Å². The van der Waals surface area contributed by atoms with Gasteiger partial charge in [0.05, 0.1) is 24.4 Å². The molecule has 1 aromatic carbocycles. The van der Waals surface area contributed by atoms with Gasteiger partial charge in [-0.1, -0.05) is 0 Å². The highest BCUT2D eigenvalue weighted by Crippen LogP contribution is 2.29. The molecule has 31 heavy (non-hydrogen) atoms. The van der Waals surface area contributed by atoms with E-state index in [1.807, 2.05) is 49.8 Å². The smallest absolute Gasteiger partial charge is 0.410 e. The lowest BCUT2D eigenvalue weighted by Crippen LogP contribution is -2.42. The molecule has 9 heteroatoms. The molecule has 168 valence electrons. The van der Waals surface area contributed by atoms with Gasteiger partial charge in [0.1, 0.15) is 5.60 Å². The molecule has 0 N–H and O–H groups in total. The van der Waals surface area contributed by atoms with Crippen molar-refractivity contribution in [1.82, 2.24) is 14.7 Å². The number of hydrogen-bond acceptors (Lipinski definition) is 6. The van der Waals surface area contributed by atoms with Crippen molar-refractivity contribution in [2.75, 3.05) is 20.2 Å². The number of likely N-dealkylation sites (tertiary alicyclic amines) is 1. The minimum atomic E-state index is -0.472. The minimum absolute atomic E-state index is 0.240. The van der Waals surface area contributed by atoms with Crippen LogP contribution in [0.4, 0.5) is 4.79 Å². The van der Waals surface area contributed by atoms with Gasteiger partial charge in [-0.05, 0) is 80.5 Å². The first-order valence-electron chi connectivity index (χ1n) is 10.2. The first kappa shape index (κ1) is 23.9. The number of ether oxygens (including phenoxy) is 2. The Kier molecular flexibility index (Phi) is 7.90. The SMILES string of the molecule is COC(=O)c1ccc(SCc2ccn(C3CCN(C(=O)OC(C)(C)C)CC3)n2)c(I)c1. The number of carbonyl (C=O) groups is 2. The Morgan fingerprint density at radius 1 is 1.23 bits per heavy atom. The van der Waals surface area contributed by atoms with Gasteiger partial charge < -0.3 is 14.4 Å². The third-order valence-electron chi connectivity index (χ3n) is 4.88. The number of hydrogen-bond donors (Lipinski definition) is 0. The van der Waals surface area contributed by atoms with Crippen molar-refractivity contribution in [2.45, 2.75) is 55.9 Å². The molecule has 3 rings (SSSR count). The van der Waals surface area contributed by atoms with Gasteiger partial charge in [0.2, 0.25) is 0 Å². The van der Waals surface area contributed by atoms with Crippen LogP contribution in [0, 0.1) is 3.57 Å². The zero-order valence-corrected chi connectivity index (χ0v) is 21.2. The zero-order valence-electron chi connectivity index (χ0n) is 18.3. The summed E-state index contributed by atoms with van der Waals surface area (Å²) in [4.78, 5) is 26.8. The van der Waals surface area contributed by atoms with Crippen LogP contribution in [0.25, 0.3) is 0 Å². The van der Waals surface area contributed by atoms with Gasteiger partial charge in [-0.2, -0.15) is 5.10 Å². The van der Waals surface area contributed by atoms with Crippen molar-refractivity contribution in [3.63, 3.8) is 0 Å². The van der Waals surface area contributed by atoms with E-state index in [4.69, 9.17) is 14.6 Å². The Bertz CT molecular complexity index is 933. The summed E-state index contributed by atoms with van der Waals surface area (Å²) in [6.45, 7) is 7.00. The summed E-state index contributed by atoms with van der Waals surface area (Å²) in [6.07, 6.45) is 3.51. The van der Waals surface area contributed by atoms with E-state index in [0.717, 1.165) is 32.8 Å². The van der Waals surface area contributed by atoms with Crippen LogP contribution in [0.2, 0.25) is 0 Å². The van der Waals surface area contributed by atoms with E-state index >= 15 is 0 Å². The van der Waals surface area contributed by atoms with E-state index in [0.29, 0.717) is 18.7 Å². The third kappa shape index (κ3) is 6.61. The molecule has 0 aliphatic carbocycles. The summed E-state index contributed by atoms with van der Waals surface area (Å²) < 4.78 is 13.3. The molecule has 7 nitrogen and oxygen atoms in total. The predicted octanol–water partition coefficient (Wildman–Crippen LogP) is 5.14. The van der Waals surface area contributed by atoms with Gasteiger partial charge in [-0.25, -0.2) is 9.59 Å². The molecule has 0 spiro atoms. The van der Waals surface area contributed by atoms with Crippen LogP contribution in [0.1, 0.15) is 55.7 Å². The maximum Gasteiger partial charge on any atom is 0.410 e. The molecule has 1 aliphatic heterocycles. The van der Waals surface area contributed by atoms with Crippen molar-refractivity contribution in [1.29, 1.82) is 0 Å². The molecule has 1 amide bonds. The standard InChI is InChI=1S/C22H28IN3O4S/c1-22(2,3)30-21(28)25-10-8-17(9-11-25)26-12-7-16(24-26)14-31-19-6-5-15(13-18(19)23)20(27)29-4/h5-7,12-13,17H,8-11,14H2,1-4H3. The number of nitrogens with zero attached hydrogens (tertiary/aromatic N) is 3. The monoisotopic (exact) mass is 557 g/mol. The number of thioether (sulfide) groups is 1. The summed E-state index contributed by atoms with van der Waals surface area (Å²) >= 11 is 3.93. The average Bonchev–Trinajstić information content (AvgIpc) is 3.20. The average molecular weight is 557 g/mol. The van der Waals surface area contributed by atoms with E-state index in [-0.39, 0.29) is 18.1 Å². The van der Waals surface area contributed by atoms with Crippen molar-refractivity contribution in [2.24, 2.45) is 0 Å². The molecule has 0 bridgehead atoms.